The highest BCUT2D eigenvalue weighted by molar-refractivity contribution is 5.78. The lowest BCUT2D eigenvalue weighted by atomic mass is 10.1. The largest absolute Gasteiger partial charge is 0.373 e. The number of carbonyl (C=O) groups is 1. The zero-order chi connectivity index (χ0) is 20.3. The average molecular weight is 395 g/mol. The molecule has 9 nitrogen and oxygen atoms in total. The van der Waals surface area contributed by atoms with Gasteiger partial charge in [-0.05, 0) is 40.8 Å². The average Bonchev–Trinajstić information content (AvgIpc) is 2.76. The summed E-state index contributed by atoms with van der Waals surface area (Å²) < 4.78 is 9.06. The number of aromatic nitrogens is 3. The summed E-state index contributed by atoms with van der Waals surface area (Å²) >= 11 is 0. The van der Waals surface area contributed by atoms with Gasteiger partial charge in [0.25, 0.3) is 0 Å². The van der Waals surface area contributed by atoms with Crippen LogP contribution >= 0.6 is 0 Å². The minimum Gasteiger partial charge on any atom is -0.373 e. The summed E-state index contributed by atoms with van der Waals surface area (Å²) in [4.78, 5) is 29.3. The third kappa shape index (κ3) is 5.42. The lowest BCUT2D eigenvalue weighted by molar-refractivity contribution is -0.126. The van der Waals surface area contributed by atoms with Gasteiger partial charge in [0.1, 0.15) is 5.82 Å². The van der Waals surface area contributed by atoms with Gasteiger partial charge in [-0.25, -0.2) is 9.48 Å². The topological polar surface area (TPSA) is 84.6 Å². The van der Waals surface area contributed by atoms with Crippen LogP contribution in [0.15, 0.2) is 4.79 Å². The van der Waals surface area contributed by atoms with Crippen molar-refractivity contribution < 1.29 is 9.53 Å². The fourth-order valence-electron chi connectivity index (χ4n) is 4.10. The van der Waals surface area contributed by atoms with Gasteiger partial charge in [-0.3, -0.25) is 14.3 Å². The van der Waals surface area contributed by atoms with Crippen molar-refractivity contribution in [3.63, 3.8) is 0 Å². The molecule has 0 radical (unpaired) electrons. The summed E-state index contributed by atoms with van der Waals surface area (Å²) in [7, 11) is 3.97. The number of fused-ring (bicyclic) bond motifs is 1. The maximum atomic E-state index is 12.6. The van der Waals surface area contributed by atoms with Crippen molar-refractivity contribution in [1.82, 2.24) is 29.5 Å². The van der Waals surface area contributed by atoms with Crippen LogP contribution in [0.1, 0.15) is 32.5 Å². The molecule has 0 aliphatic carbocycles. The van der Waals surface area contributed by atoms with Gasteiger partial charge >= 0.3 is 5.69 Å². The molecule has 0 spiro atoms. The summed E-state index contributed by atoms with van der Waals surface area (Å²) in [6.45, 7) is 8.03. The van der Waals surface area contributed by atoms with Crippen LogP contribution in [0.4, 0.5) is 0 Å². The van der Waals surface area contributed by atoms with E-state index in [1.54, 1.807) is 9.25 Å². The Labute approximate surface area is 166 Å². The van der Waals surface area contributed by atoms with E-state index in [0.717, 1.165) is 38.3 Å². The van der Waals surface area contributed by atoms with Crippen LogP contribution in [0.3, 0.4) is 0 Å². The van der Waals surface area contributed by atoms with E-state index in [4.69, 9.17) is 4.74 Å². The number of nitrogens with zero attached hydrogens (tertiary/aromatic N) is 5. The Morgan fingerprint density at radius 2 is 1.96 bits per heavy atom. The molecule has 2 aliphatic heterocycles. The first kappa shape index (κ1) is 21.0. The molecule has 1 amide bonds. The van der Waals surface area contributed by atoms with Crippen LogP contribution in [0.5, 0.6) is 0 Å². The molecule has 1 fully saturated rings. The van der Waals surface area contributed by atoms with Crippen molar-refractivity contribution in [2.75, 3.05) is 40.3 Å². The van der Waals surface area contributed by atoms with E-state index in [2.05, 4.69) is 15.3 Å². The summed E-state index contributed by atoms with van der Waals surface area (Å²) in [5.74, 6) is 0.880. The van der Waals surface area contributed by atoms with Crippen molar-refractivity contribution in [3.8, 4) is 0 Å². The van der Waals surface area contributed by atoms with E-state index in [0.29, 0.717) is 26.1 Å². The minimum atomic E-state index is -0.0416. The molecule has 1 N–H and O–H groups in total. The number of amides is 1. The molecule has 158 valence electrons. The molecule has 9 heteroatoms. The molecule has 3 atom stereocenters. The van der Waals surface area contributed by atoms with E-state index < -0.39 is 0 Å². The second kappa shape index (κ2) is 9.19. The smallest absolute Gasteiger partial charge is 0.345 e. The third-order valence-electron chi connectivity index (χ3n) is 5.40. The molecule has 2 aliphatic rings. The summed E-state index contributed by atoms with van der Waals surface area (Å²) in [5, 5.41) is 7.67. The third-order valence-corrected chi connectivity index (χ3v) is 5.40. The number of hydrogen-bond acceptors (Lipinski definition) is 6. The minimum absolute atomic E-state index is 0.0416. The standard InChI is InChI=1S/C19H34N6O3/c1-14-11-23(12-15(2)28-14)13-18(26)20-16-5-6-17-21-25(10-9-22(3)4)19(27)24(17)8-7-16/h14-16H,5-13H2,1-4H3,(H,20,26)/t14-,15+,16?. The number of aryl methyl sites for hydroxylation is 1. The van der Waals surface area contributed by atoms with Crippen molar-refractivity contribution in [2.45, 2.75) is 64.4 Å². The Bertz CT molecular complexity index is 718. The summed E-state index contributed by atoms with van der Waals surface area (Å²) in [5.41, 5.74) is -0.0416. The van der Waals surface area contributed by atoms with Gasteiger partial charge in [-0.2, -0.15) is 5.10 Å². The van der Waals surface area contributed by atoms with E-state index in [1.165, 1.54) is 0 Å². The molecule has 28 heavy (non-hydrogen) atoms. The number of ether oxygens (including phenoxy) is 1. The van der Waals surface area contributed by atoms with E-state index >= 15 is 0 Å². The van der Waals surface area contributed by atoms with Gasteiger partial charge < -0.3 is 15.0 Å². The maximum Gasteiger partial charge on any atom is 0.345 e. The van der Waals surface area contributed by atoms with Gasteiger partial charge in [0, 0.05) is 38.6 Å². The highest BCUT2D eigenvalue weighted by Gasteiger charge is 2.26. The molecule has 0 bridgehead atoms. The van der Waals surface area contributed by atoms with Crippen molar-refractivity contribution >= 4 is 5.91 Å². The number of carbonyl (C=O) groups excluding carboxylic acids is 1. The summed E-state index contributed by atoms with van der Waals surface area (Å²) in [6.07, 6.45) is 2.59. The highest BCUT2D eigenvalue weighted by Crippen LogP contribution is 2.13. The maximum absolute atomic E-state index is 12.6. The SMILES string of the molecule is C[C@@H]1CN(CC(=O)NC2CCc3nn(CCN(C)C)c(=O)n3CC2)C[C@H](C)O1. The normalized spacial score (nSPS) is 26.1. The molecule has 1 aromatic heterocycles. The zero-order valence-corrected chi connectivity index (χ0v) is 17.6. The number of nitrogens with one attached hydrogen (secondary N) is 1. The van der Waals surface area contributed by atoms with E-state index in [9.17, 15) is 9.59 Å². The summed E-state index contributed by atoms with van der Waals surface area (Å²) in [6, 6.07) is 0.0831. The highest BCUT2D eigenvalue weighted by atomic mass is 16.5. The van der Waals surface area contributed by atoms with Crippen molar-refractivity contribution in [2.24, 2.45) is 0 Å². The lowest BCUT2D eigenvalue weighted by Gasteiger charge is -2.35. The Morgan fingerprint density at radius 1 is 1.25 bits per heavy atom. The van der Waals surface area contributed by atoms with Gasteiger partial charge in [-0.15, -0.1) is 0 Å². The monoisotopic (exact) mass is 394 g/mol. The van der Waals surface area contributed by atoms with E-state index in [-0.39, 0.29) is 29.8 Å². The molecule has 0 saturated carbocycles. The van der Waals surface area contributed by atoms with Crippen LogP contribution in [-0.4, -0.2) is 88.6 Å². The van der Waals surface area contributed by atoms with Gasteiger partial charge in [0.2, 0.25) is 5.91 Å². The predicted molar refractivity (Wildman–Crippen MR) is 106 cm³/mol. The molecule has 0 aromatic carbocycles. The fraction of sp³-hybridized carbons (Fsp3) is 0.842. The van der Waals surface area contributed by atoms with Crippen molar-refractivity contribution in [1.29, 1.82) is 0 Å². The lowest BCUT2D eigenvalue weighted by Crippen LogP contribution is -2.50. The second-order valence-corrected chi connectivity index (χ2v) is 8.42. The fourth-order valence-corrected chi connectivity index (χ4v) is 4.10. The molecular formula is C19H34N6O3. The number of rotatable bonds is 6. The number of likely N-dealkylation sites (N-methyl/N-ethyl adjacent to an activating group) is 1. The molecule has 1 unspecified atom stereocenters. The van der Waals surface area contributed by atoms with Crippen LogP contribution < -0.4 is 11.0 Å². The first-order valence-electron chi connectivity index (χ1n) is 10.3. The first-order valence-corrected chi connectivity index (χ1v) is 10.3. The number of morpholine rings is 1. The van der Waals surface area contributed by atoms with Crippen LogP contribution in [-0.2, 0) is 29.0 Å². The van der Waals surface area contributed by atoms with Gasteiger partial charge in [-0.1, -0.05) is 0 Å². The zero-order valence-electron chi connectivity index (χ0n) is 17.6. The first-order chi connectivity index (χ1) is 13.3. The molecule has 1 saturated heterocycles. The van der Waals surface area contributed by atoms with Gasteiger partial charge in [0.15, 0.2) is 0 Å². The van der Waals surface area contributed by atoms with Crippen LogP contribution in [0.2, 0.25) is 0 Å². The number of hydrogen-bond donors (Lipinski definition) is 1. The Hall–Kier alpha value is -1.71. The van der Waals surface area contributed by atoms with Crippen LogP contribution in [0.25, 0.3) is 0 Å². The van der Waals surface area contributed by atoms with Crippen molar-refractivity contribution in [3.05, 3.63) is 16.3 Å². The Kier molecular flexibility index (Phi) is 6.90. The van der Waals surface area contributed by atoms with Crippen LogP contribution in [0, 0.1) is 0 Å². The predicted octanol–water partition coefficient (Wildman–Crippen LogP) is -0.463. The Balaban J connectivity index is 1.51. The second-order valence-electron chi connectivity index (χ2n) is 8.42. The molecule has 1 aromatic rings. The molecule has 3 rings (SSSR count). The molecule has 3 heterocycles. The molecular weight excluding hydrogens is 360 g/mol. The van der Waals surface area contributed by atoms with Gasteiger partial charge in [0.05, 0.1) is 25.3 Å². The van der Waals surface area contributed by atoms with E-state index in [1.807, 2.05) is 32.8 Å². The quantitative estimate of drug-likeness (QED) is 0.703. The Morgan fingerprint density at radius 3 is 2.64 bits per heavy atom.